The molecule has 13 rings (SSSR count). The number of rotatable bonds is 12. The number of para-hydroxylation sites is 2. The van der Waals surface area contributed by atoms with Crippen LogP contribution in [0, 0.1) is 0 Å². The van der Waals surface area contributed by atoms with Crippen LogP contribution < -0.4 is 20.2 Å². The van der Waals surface area contributed by atoms with Gasteiger partial charge in [-0.25, -0.2) is 9.97 Å². The number of benzene rings is 10. The summed E-state index contributed by atoms with van der Waals surface area (Å²) in [5, 5.41) is 2.78. The zero-order chi connectivity index (χ0) is 52.5. The predicted molar refractivity (Wildman–Crippen MR) is 325 cm³/mol. The first kappa shape index (κ1) is 47.9. The van der Waals surface area contributed by atoms with Crippen LogP contribution in [0.15, 0.2) is 251 Å². The van der Waals surface area contributed by atoms with Gasteiger partial charge in [0, 0.05) is 45.0 Å². The summed E-state index contributed by atoms with van der Waals surface area (Å²) in [5.74, 6) is 1.06. The Kier molecular flexibility index (Phi) is 11.7. The number of oxazole rings is 2. The minimum Gasteiger partial charge on any atom is -0.435 e. The number of nitrogens with zero attached hydrogens (tertiary/aromatic N) is 4. The fourth-order valence-corrected chi connectivity index (χ4v) is 13.8. The van der Waals surface area contributed by atoms with Gasteiger partial charge in [-0.2, -0.15) is 0 Å². The van der Waals surface area contributed by atoms with Crippen molar-refractivity contribution in [1.29, 1.82) is 0 Å². The van der Waals surface area contributed by atoms with Gasteiger partial charge in [-0.15, -0.1) is 0 Å². The van der Waals surface area contributed by atoms with Crippen molar-refractivity contribution in [2.75, 3.05) is 9.80 Å². The normalized spacial score (nSPS) is 12.9. The monoisotopic (exact) mass is 1030 g/mol. The first-order valence-electron chi connectivity index (χ1n) is 26.6. The van der Waals surface area contributed by atoms with Crippen LogP contribution in [0.3, 0.4) is 0 Å². The molecule has 0 aliphatic heterocycles. The largest absolute Gasteiger partial charge is 0.435 e. The van der Waals surface area contributed by atoms with E-state index < -0.39 is 21.6 Å². The summed E-state index contributed by atoms with van der Waals surface area (Å²) in [5.41, 5.74) is 15.6. The van der Waals surface area contributed by atoms with Crippen LogP contribution in [0.1, 0.15) is 22.3 Å². The third-order valence-corrected chi connectivity index (χ3v) is 19.4. The highest BCUT2D eigenvalue weighted by Gasteiger charge is 2.51. The van der Waals surface area contributed by atoms with Gasteiger partial charge in [-0.1, -0.05) is 207 Å². The number of hydrogen-bond donors (Lipinski definition) is 0. The van der Waals surface area contributed by atoms with E-state index in [-0.39, 0.29) is 0 Å². The van der Waals surface area contributed by atoms with Gasteiger partial charge in [0.25, 0.3) is 0 Å². The van der Waals surface area contributed by atoms with Crippen LogP contribution in [0.25, 0.3) is 56.2 Å². The highest BCUT2D eigenvalue weighted by atomic mass is 28.3. The summed E-state index contributed by atoms with van der Waals surface area (Å²) in [6.45, 7) is 14.4. The summed E-state index contributed by atoms with van der Waals surface area (Å²) in [6, 6.07) is 87.0. The Labute approximate surface area is 452 Å². The molecule has 0 spiro atoms. The molecule has 0 saturated carbocycles. The average Bonchev–Trinajstić information content (AvgIpc) is 4.29. The molecule has 77 heavy (non-hydrogen) atoms. The number of anilines is 6. The van der Waals surface area contributed by atoms with E-state index in [0.29, 0.717) is 22.9 Å². The van der Waals surface area contributed by atoms with Crippen molar-refractivity contribution in [2.45, 2.75) is 44.7 Å². The second kappa shape index (κ2) is 18.8. The van der Waals surface area contributed by atoms with Crippen molar-refractivity contribution in [3.63, 3.8) is 0 Å². The number of aromatic nitrogens is 2. The highest BCUT2D eigenvalue weighted by molar-refractivity contribution is 6.89. The third kappa shape index (κ3) is 8.14. The molecule has 2 aromatic heterocycles. The van der Waals surface area contributed by atoms with E-state index >= 15 is 0 Å². The molecule has 0 atom stereocenters. The van der Waals surface area contributed by atoms with E-state index in [1.807, 2.05) is 36.4 Å². The fraction of sp³-hybridized carbons (Fsp3) is 0.101. The van der Waals surface area contributed by atoms with Gasteiger partial charge in [-0.3, -0.25) is 0 Å². The molecule has 0 radical (unpaired) electrons. The van der Waals surface area contributed by atoms with Gasteiger partial charge < -0.3 is 18.6 Å². The van der Waals surface area contributed by atoms with Gasteiger partial charge in [-0.05, 0) is 107 Å². The van der Waals surface area contributed by atoms with Crippen LogP contribution >= 0.6 is 0 Å². The Morgan fingerprint density at radius 3 is 0.974 bits per heavy atom. The Balaban J connectivity index is 1.22. The molecule has 374 valence electrons. The summed E-state index contributed by atoms with van der Waals surface area (Å²) < 4.78 is 14.9. The van der Waals surface area contributed by atoms with Crippen molar-refractivity contribution in [3.05, 3.63) is 265 Å². The number of fused-ring (bicyclic) bond motifs is 7. The summed E-state index contributed by atoms with van der Waals surface area (Å²) in [4.78, 5) is 15.9. The summed E-state index contributed by atoms with van der Waals surface area (Å²) in [7, 11) is -3.29. The molecule has 0 amide bonds. The van der Waals surface area contributed by atoms with Crippen LogP contribution in [0.2, 0.25) is 39.3 Å². The van der Waals surface area contributed by atoms with Crippen molar-refractivity contribution in [2.24, 2.45) is 0 Å². The van der Waals surface area contributed by atoms with Gasteiger partial charge >= 0.3 is 0 Å². The molecule has 0 unspecified atom stereocenters. The maximum atomic E-state index is 7.44. The molecule has 12 aromatic rings. The van der Waals surface area contributed by atoms with Crippen LogP contribution in [-0.4, -0.2) is 26.1 Å². The highest BCUT2D eigenvalue weighted by Crippen LogP contribution is 2.63. The summed E-state index contributed by atoms with van der Waals surface area (Å²) in [6.07, 6.45) is 0. The Bertz CT molecular complexity index is 3810. The molecule has 1 aliphatic carbocycles. The standard InChI is InChI=1S/C69H58N4O2Si2/c1-76(2,3)55-41-37-53(38-42-55)72(51-33-21-11-22-34-51)59-45-57-61(65-63(59)70-67(74-65)47-25-13-7-14-26-47)62-58(69(57,49-29-17-9-18-30-49)50-31-19-10-20-32-50)46-60(64-66(62)75-68(71-64)48-27-15-8-16-28-48)73(52-35-23-12-24-36-52)54-39-43-56(44-40-54)77(4,5)6/h7-46H,1-6H3. The maximum Gasteiger partial charge on any atom is 0.227 e. The minimum absolute atomic E-state index is 0.531. The molecule has 0 N–H and O–H groups in total. The molecule has 6 nitrogen and oxygen atoms in total. The molecule has 2 heterocycles. The average molecular weight is 1030 g/mol. The van der Waals surface area contributed by atoms with Crippen molar-refractivity contribution in [3.8, 4) is 34.0 Å². The zero-order valence-electron chi connectivity index (χ0n) is 44.2. The minimum atomic E-state index is -1.64. The zero-order valence-corrected chi connectivity index (χ0v) is 46.2. The lowest BCUT2D eigenvalue weighted by atomic mass is 9.67. The fourth-order valence-electron chi connectivity index (χ4n) is 11.5. The molecule has 0 bridgehead atoms. The molecular formula is C69H58N4O2Si2. The first-order valence-corrected chi connectivity index (χ1v) is 33.6. The Morgan fingerprint density at radius 1 is 0.351 bits per heavy atom. The van der Waals surface area contributed by atoms with Crippen molar-refractivity contribution < 1.29 is 8.83 Å². The van der Waals surface area contributed by atoms with Gasteiger partial charge in [0.2, 0.25) is 11.8 Å². The molecular weight excluding hydrogens is 973 g/mol. The Morgan fingerprint density at radius 2 is 0.649 bits per heavy atom. The first-order chi connectivity index (χ1) is 37.5. The quantitative estimate of drug-likeness (QED) is 0.114. The molecule has 10 aromatic carbocycles. The van der Waals surface area contributed by atoms with Gasteiger partial charge in [0.1, 0.15) is 11.0 Å². The van der Waals surface area contributed by atoms with E-state index in [0.717, 1.165) is 89.7 Å². The van der Waals surface area contributed by atoms with E-state index in [2.05, 4.69) is 255 Å². The van der Waals surface area contributed by atoms with Crippen molar-refractivity contribution >= 4 is 82.8 Å². The van der Waals surface area contributed by atoms with E-state index in [1.54, 1.807) is 0 Å². The Hall–Kier alpha value is -8.83. The second-order valence-corrected chi connectivity index (χ2v) is 32.3. The molecule has 8 heteroatoms. The second-order valence-electron chi connectivity index (χ2n) is 22.2. The lowest BCUT2D eigenvalue weighted by Gasteiger charge is -2.35. The SMILES string of the molecule is C[Si](C)(C)c1ccc(N(c2ccccc2)c2cc3c(c4oc(-c5ccccc5)nc24)-c2c(cc(N(c4ccccc4)c4ccc([Si](C)(C)C)cc4)c4nc(-c5ccccc5)oc24)C3(c2ccccc2)c2ccccc2)cc1. The van der Waals surface area contributed by atoms with E-state index in [1.165, 1.54) is 10.4 Å². The van der Waals surface area contributed by atoms with Crippen molar-refractivity contribution in [1.82, 2.24) is 9.97 Å². The number of hydrogen-bond acceptors (Lipinski definition) is 6. The van der Waals surface area contributed by atoms with Crippen LogP contribution in [0.5, 0.6) is 0 Å². The smallest absolute Gasteiger partial charge is 0.227 e. The molecule has 0 saturated heterocycles. The van der Waals surface area contributed by atoms with Crippen LogP contribution in [-0.2, 0) is 5.41 Å². The lowest BCUT2D eigenvalue weighted by molar-refractivity contribution is 0.616. The lowest BCUT2D eigenvalue weighted by Crippen LogP contribution is -2.37. The van der Waals surface area contributed by atoms with E-state index in [9.17, 15) is 0 Å². The van der Waals surface area contributed by atoms with Crippen LogP contribution in [0.4, 0.5) is 34.1 Å². The predicted octanol–water partition coefficient (Wildman–Crippen LogP) is 17.7. The van der Waals surface area contributed by atoms with Gasteiger partial charge in [0.05, 0.1) is 32.9 Å². The summed E-state index contributed by atoms with van der Waals surface area (Å²) >= 11 is 0. The van der Waals surface area contributed by atoms with Gasteiger partial charge in [0.15, 0.2) is 11.2 Å². The van der Waals surface area contributed by atoms with E-state index in [4.69, 9.17) is 18.8 Å². The molecule has 0 fully saturated rings. The molecule has 1 aliphatic rings. The maximum absolute atomic E-state index is 7.44. The topological polar surface area (TPSA) is 58.5 Å². The third-order valence-electron chi connectivity index (χ3n) is 15.3.